The van der Waals surface area contributed by atoms with Gasteiger partial charge in [-0.2, -0.15) is 0 Å². The number of hydrogen-bond donors (Lipinski definition) is 1. The van der Waals surface area contributed by atoms with Crippen molar-refractivity contribution in [2.75, 3.05) is 0 Å². The van der Waals surface area contributed by atoms with Gasteiger partial charge in [0.1, 0.15) is 6.33 Å². The zero-order chi connectivity index (χ0) is 15.0. The van der Waals surface area contributed by atoms with Crippen molar-refractivity contribution in [1.82, 2.24) is 9.55 Å². The minimum atomic E-state index is 0.190. The molecule has 0 saturated heterocycles. The fourth-order valence-corrected chi connectivity index (χ4v) is 2.63. The van der Waals surface area contributed by atoms with E-state index >= 15 is 0 Å². The zero-order valence-corrected chi connectivity index (χ0v) is 12.8. The number of nitrogens with zero attached hydrogens (tertiary/aromatic N) is 2. The lowest BCUT2D eigenvalue weighted by Gasteiger charge is -2.09. The number of imidazole rings is 1. The predicted molar refractivity (Wildman–Crippen MR) is 87.9 cm³/mol. The van der Waals surface area contributed by atoms with Gasteiger partial charge in [0.15, 0.2) is 0 Å². The van der Waals surface area contributed by atoms with Gasteiger partial charge in [0.2, 0.25) is 0 Å². The van der Waals surface area contributed by atoms with E-state index < -0.39 is 0 Å². The highest BCUT2D eigenvalue weighted by Crippen LogP contribution is 2.22. The van der Waals surface area contributed by atoms with Crippen LogP contribution in [-0.2, 0) is 6.42 Å². The number of rotatable bonds is 3. The molecule has 0 amide bonds. The third-order valence-electron chi connectivity index (χ3n) is 3.93. The Morgan fingerprint density at radius 1 is 1.10 bits per heavy atom. The summed E-state index contributed by atoms with van der Waals surface area (Å²) in [5, 5.41) is 0. The van der Waals surface area contributed by atoms with Crippen LogP contribution in [0.25, 0.3) is 16.7 Å². The molecule has 2 aromatic carbocycles. The quantitative estimate of drug-likeness (QED) is 0.797. The van der Waals surface area contributed by atoms with Crippen LogP contribution in [0.15, 0.2) is 42.7 Å². The summed E-state index contributed by atoms with van der Waals surface area (Å²) >= 11 is 0. The molecule has 108 valence electrons. The normalized spacial score (nSPS) is 12.8. The third-order valence-corrected chi connectivity index (χ3v) is 3.93. The van der Waals surface area contributed by atoms with E-state index in [4.69, 9.17) is 5.73 Å². The molecule has 3 aromatic rings. The van der Waals surface area contributed by atoms with Gasteiger partial charge in [-0.05, 0) is 68.1 Å². The van der Waals surface area contributed by atoms with Crippen molar-refractivity contribution in [1.29, 1.82) is 0 Å². The zero-order valence-electron chi connectivity index (χ0n) is 12.8. The van der Waals surface area contributed by atoms with Gasteiger partial charge in [-0.3, -0.25) is 4.57 Å². The Balaban J connectivity index is 2.02. The van der Waals surface area contributed by atoms with Gasteiger partial charge < -0.3 is 5.73 Å². The average Bonchev–Trinajstić information content (AvgIpc) is 2.82. The van der Waals surface area contributed by atoms with Crippen molar-refractivity contribution < 1.29 is 0 Å². The van der Waals surface area contributed by atoms with E-state index in [9.17, 15) is 0 Å². The summed E-state index contributed by atoms with van der Waals surface area (Å²) in [7, 11) is 0. The molecule has 1 aromatic heterocycles. The third kappa shape index (κ3) is 2.69. The van der Waals surface area contributed by atoms with Gasteiger partial charge in [-0.1, -0.05) is 12.1 Å². The van der Waals surface area contributed by atoms with Crippen molar-refractivity contribution in [3.8, 4) is 5.69 Å². The Bertz CT molecular complexity index is 767. The highest BCUT2D eigenvalue weighted by molar-refractivity contribution is 5.79. The first-order chi connectivity index (χ1) is 10.0. The van der Waals surface area contributed by atoms with Crippen molar-refractivity contribution in [3.05, 3.63) is 59.4 Å². The summed E-state index contributed by atoms with van der Waals surface area (Å²) in [5.41, 5.74) is 13.0. The fourth-order valence-electron chi connectivity index (χ4n) is 2.63. The van der Waals surface area contributed by atoms with E-state index in [1.807, 2.05) is 13.3 Å². The van der Waals surface area contributed by atoms with Gasteiger partial charge in [-0.25, -0.2) is 4.98 Å². The summed E-state index contributed by atoms with van der Waals surface area (Å²) in [4.78, 5) is 4.51. The Morgan fingerprint density at radius 2 is 1.76 bits per heavy atom. The van der Waals surface area contributed by atoms with Crippen LogP contribution in [0.5, 0.6) is 0 Å². The minimum Gasteiger partial charge on any atom is -0.328 e. The number of benzene rings is 2. The molecule has 0 saturated carbocycles. The molecule has 0 aliphatic rings. The van der Waals surface area contributed by atoms with Gasteiger partial charge in [-0.15, -0.1) is 0 Å². The van der Waals surface area contributed by atoms with Crippen LogP contribution in [-0.4, -0.2) is 15.6 Å². The molecule has 21 heavy (non-hydrogen) atoms. The maximum atomic E-state index is 5.85. The van der Waals surface area contributed by atoms with Crippen LogP contribution < -0.4 is 5.73 Å². The van der Waals surface area contributed by atoms with E-state index in [-0.39, 0.29) is 6.04 Å². The molecule has 1 atom stereocenters. The van der Waals surface area contributed by atoms with Crippen LogP contribution in [0.3, 0.4) is 0 Å². The molecule has 0 radical (unpaired) electrons. The number of hydrogen-bond acceptors (Lipinski definition) is 2. The van der Waals surface area contributed by atoms with E-state index in [1.165, 1.54) is 16.7 Å². The van der Waals surface area contributed by atoms with Gasteiger partial charge in [0.05, 0.1) is 11.0 Å². The van der Waals surface area contributed by atoms with Crippen LogP contribution in [0.4, 0.5) is 0 Å². The summed E-state index contributed by atoms with van der Waals surface area (Å²) in [6.07, 6.45) is 2.80. The maximum Gasteiger partial charge on any atom is 0.100 e. The van der Waals surface area contributed by atoms with E-state index in [2.05, 4.69) is 59.8 Å². The fraction of sp³-hybridized carbons (Fsp3) is 0.278. The Labute approximate surface area is 125 Å². The molecular weight excluding hydrogens is 258 g/mol. The van der Waals surface area contributed by atoms with Crippen molar-refractivity contribution in [2.24, 2.45) is 5.73 Å². The SMILES string of the molecule is Cc1cc2ncn(-c3ccc(CC(C)N)cc3)c2cc1C. The van der Waals surface area contributed by atoms with Crippen molar-refractivity contribution >= 4 is 11.0 Å². The average molecular weight is 279 g/mol. The molecule has 0 aliphatic carbocycles. The van der Waals surface area contributed by atoms with Crippen LogP contribution in [0.2, 0.25) is 0 Å². The van der Waals surface area contributed by atoms with Gasteiger partial charge >= 0.3 is 0 Å². The van der Waals surface area contributed by atoms with Crippen molar-refractivity contribution in [3.63, 3.8) is 0 Å². The summed E-state index contributed by atoms with van der Waals surface area (Å²) < 4.78 is 2.14. The number of aryl methyl sites for hydroxylation is 2. The molecule has 3 rings (SSSR count). The molecular formula is C18H21N3. The molecule has 2 N–H and O–H groups in total. The molecule has 3 heteroatoms. The van der Waals surface area contributed by atoms with E-state index in [1.54, 1.807) is 0 Å². The second-order valence-electron chi connectivity index (χ2n) is 5.89. The first-order valence-electron chi connectivity index (χ1n) is 7.34. The summed E-state index contributed by atoms with van der Waals surface area (Å²) in [5.74, 6) is 0. The Kier molecular flexibility index (Phi) is 3.52. The molecule has 0 spiro atoms. The molecule has 0 fully saturated rings. The van der Waals surface area contributed by atoms with Gasteiger partial charge in [0.25, 0.3) is 0 Å². The van der Waals surface area contributed by atoms with Crippen LogP contribution in [0, 0.1) is 13.8 Å². The highest BCUT2D eigenvalue weighted by Gasteiger charge is 2.07. The summed E-state index contributed by atoms with van der Waals surface area (Å²) in [6, 6.07) is 13.1. The van der Waals surface area contributed by atoms with E-state index in [0.29, 0.717) is 0 Å². The minimum absolute atomic E-state index is 0.190. The molecule has 1 heterocycles. The standard InChI is InChI=1S/C18H21N3/c1-12-8-17-18(9-13(12)2)21(11-20-17)16-6-4-15(5-7-16)10-14(3)19/h4-9,11,14H,10,19H2,1-3H3. The lowest BCUT2D eigenvalue weighted by molar-refractivity contribution is 0.738. The molecule has 1 unspecified atom stereocenters. The predicted octanol–water partition coefficient (Wildman–Crippen LogP) is 3.53. The Morgan fingerprint density at radius 3 is 2.43 bits per heavy atom. The largest absolute Gasteiger partial charge is 0.328 e. The highest BCUT2D eigenvalue weighted by atomic mass is 15.0. The van der Waals surface area contributed by atoms with Crippen molar-refractivity contribution in [2.45, 2.75) is 33.2 Å². The number of aromatic nitrogens is 2. The summed E-state index contributed by atoms with van der Waals surface area (Å²) in [6.45, 7) is 6.29. The number of fused-ring (bicyclic) bond motifs is 1. The first kappa shape index (κ1) is 13.8. The topological polar surface area (TPSA) is 43.8 Å². The molecule has 0 bridgehead atoms. The Hall–Kier alpha value is -2.13. The molecule has 0 aliphatic heterocycles. The van der Waals surface area contributed by atoms with Gasteiger partial charge in [0, 0.05) is 11.7 Å². The monoisotopic (exact) mass is 279 g/mol. The lowest BCUT2D eigenvalue weighted by atomic mass is 10.1. The first-order valence-corrected chi connectivity index (χ1v) is 7.34. The smallest absolute Gasteiger partial charge is 0.100 e. The van der Waals surface area contributed by atoms with E-state index in [0.717, 1.165) is 23.1 Å². The number of nitrogens with two attached hydrogens (primary N) is 1. The lowest BCUT2D eigenvalue weighted by Crippen LogP contribution is -2.17. The second-order valence-corrected chi connectivity index (χ2v) is 5.89. The maximum absolute atomic E-state index is 5.85. The van der Waals surface area contributed by atoms with Crippen LogP contribution in [0.1, 0.15) is 23.6 Å². The second kappa shape index (κ2) is 5.34. The molecule has 3 nitrogen and oxygen atoms in total. The van der Waals surface area contributed by atoms with Crippen LogP contribution >= 0.6 is 0 Å².